The van der Waals surface area contributed by atoms with E-state index >= 15 is 0 Å². The second-order valence-corrected chi connectivity index (χ2v) is 7.01. The first-order valence-electron chi connectivity index (χ1n) is 9.80. The van der Waals surface area contributed by atoms with E-state index in [0.717, 1.165) is 78.0 Å². The van der Waals surface area contributed by atoms with Crippen molar-refractivity contribution in [3.05, 3.63) is 0 Å². The Balaban J connectivity index is 0.00000338. The SMILES string of the molecule is CCNC(=NCC(C)N1CCN(CC)CC1)N1CCN(C(C)=O)CC1.I. The number of nitrogens with one attached hydrogen (secondary N) is 1. The van der Waals surface area contributed by atoms with Crippen molar-refractivity contribution in [1.29, 1.82) is 0 Å². The molecule has 1 atom stereocenters. The van der Waals surface area contributed by atoms with Gasteiger partial charge in [-0.2, -0.15) is 0 Å². The van der Waals surface area contributed by atoms with Gasteiger partial charge in [-0.25, -0.2) is 0 Å². The normalized spacial score (nSPS) is 21.3. The predicted molar refractivity (Wildman–Crippen MR) is 118 cm³/mol. The zero-order valence-corrected chi connectivity index (χ0v) is 19.2. The van der Waals surface area contributed by atoms with Crippen molar-refractivity contribution in [3.63, 3.8) is 0 Å². The standard InChI is InChI=1S/C18H36N6O.HI/c1-5-19-18(24-13-11-23(12-14-24)17(4)25)20-15-16(3)22-9-7-21(6-2)8-10-22;/h16H,5-15H2,1-4H3,(H,19,20);1H. The molecule has 0 bridgehead atoms. The van der Waals surface area contributed by atoms with Crippen LogP contribution < -0.4 is 5.32 Å². The van der Waals surface area contributed by atoms with Crippen LogP contribution in [0.2, 0.25) is 0 Å². The van der Waals surface area contributed by atoms with Gasteiger partial charge < -0.3 is 20.0 Å². The highest BCUT2D eigenvalue weighted by atomic mass is 127. The van der Waals surface area contributed by atoms with Crippen LogP contribution in [0, 0.1) is 0 Å². The van der Waals surface area contributed by atoms with Crippen LogP contribution >= 0.6 is 24.0 Å². The topological polar surface area (TPSA) is 54.4 Å². The lowest BCUT2D eigenvalue weighted by Gasteiger charge is -2.38. The van der Waals surface area contributed by atoms with Gasteiger partial charge in [0, 0.05) is 71.9 Å². The maximum absolute atomic E-state index is 11.5. The summed E-state index contributed by atoms with van der Waals surface area (Å²) in [6.07, 6.45) is 0. The van der Waals surface area contributed by atoms with E-state index in [4.69, 9.17) is 4.99 Å². The monoisotopic (exact) mass is 480 g/mol. The Morgan fingerprint density at radius 3 is 2.08 bits per heavy atom. The number of carbonyl (C=O) groups is 1. The number of rotatable bonds is 5. The largest absolute Gasteiger partial charge is 0.357 e. The summed E-state index contributed by atoms with van der Waals surface area (Å²) in [5.41, 5.74) is 0. The lowest BCUT2D eigenvalue weighted by atomic mass is 10.2. The van der Waals surface area contributed by atoms with E-state index in [1.807, 2.05) is 4.90 Å². The number of hydrogen-bond donors (Lipinski definition) is 1. The highest BCUT2D eigenvalue weighted by molar-refractivity contribution is 14.0. The Hall–Kier alpha value is -0.610. The van der Waals surface area contributed by atoms with Crippen molar-refractivity contribution in [2.45, 2.75) is 33.7 Å². The molecule has 1 N–H and O–H groups in total. The van der Waals surface area contributed by atoms with E-state index in [1.165, 1.54) is 0 Å². The van der Waals surface area contributed by atoms with E-state index in [2.05, 4.69) is 40.8 Å². The van der Waals surface area contributed by atoms with Gasteiger partial charge in [0.1, 0.15) is 0 Å². The summed E-state index contributed by atoms with van der Waals surface area (Å²) in [7, 11) is 0. The van der Waals surface area contributed by atoms with E-state index < -0.39 is 0 Å². The number of nitrogens with zero attached hydrogens (tertiary/aromatic N) is 5. The van der Waals surface area contributed by atoms with Gasteiger partial charge in [-0.1, -0.05) is 6.92 Å². The maximum Gasteiger partial charge on any atom is 0.219 e. The number of guanidine groups is 1. The van der Waals surface area contributed by atoms with Crippen molar-refractivity contribution in [1.82, 2.24) is 24.9 Å². The number of amides is 1. The third kappa shape index (κ3) is 6.84. The summed E-state index contributed by atoms with van der Waals surface area (Å²) in [6, 6.07) is 0.464. The van der Waals surface area contributed by atoms with E-state index in [9.17, 15) is 4.79 Å². The molecule has 0 aromatic carbocycles. The first kappa shape index (κ1) is 23.4. The van der Waals surface area contributed by atoms with Crippen LogP contribution in [0.3, 0.4) is 0 Å². The highest BCUT2D eigenvalue weighted by Crippen LogP contribution is 2.08. The summed E-state index contributed by atoms with van der Waals surface area (Å²) in [5, 5.41) is 3.42. The van der Waals surface area contributed by atoms with Gasteiger partial charge in [-0.05, 0) is 20.4 Å². The molecule has 2 saturated heterocycles. The van der Waals surface area contributed by atoms with Crippen LogP contribution in [-0.2, 0) is 4.79 Å². The Morgan fingerprint density at radius 1 is 1.00 bits per heavy atom. The molecule has 26 heavy (non-hydrogen) atoms. The van der Waals surface area contributed by atoms with Gasteiger partial charge >= 0.3 is 0 Å². The number of halogens is 1. The molecule has 0 spiro atoms. The average molecular weight is 480 g/mol. The van der Waals surface area contributed by atoms with Gasteiger partial charge in [-0.15, -0.1) is 24.0 Å². The fourth-order valence-electron chi connectivity index (χ4n) is 3.51. The minimum Gasteiger partial charge on any atom is -0.357 e. The number of piperazine rings is 2. The van der Waals surface area contributed by atoms with Gasteiger partial charge in [-0.3, -0.25) is 14.7 Å². The molecular weight excluding hydrogens is 443 g/mol. The summed E-state index contributed by atoms with van der Waals surface area (Å²) in [4.78, 5) is 25.6. The van der Waals surface area contributed by atoms with Crippen LogP contribution in [-0.4, -0.2) is 110 Å². The Morgan fingerprint density at radius 2 is 1.58 bits per heavy atom. The fourth-order valence-corrected chi connectivity index (χ4v) is 3.51. The van der Waals surface area contributed by atoms with Crippen molar-refractivity contribution in [2.24, 2.45) is 4.99 Å². The zero-order valence-electron chi connectivity index (χ0n) is 16.9. The van der Waals surface area contributed by atoms with Crippen molar-refractivity contribution >= 4 is 35.8 Å². The van der Waals surface area contributed by atoms with Crippen molar-refractivity contribution in [3.8, 4) is 0 Å². The van der Waals surface area contributed by atoms with Crippen molar-refractivity contribution < 1.29 is 4.79 Å². The van der Waals surface area contributed by atoms with Gasteiger partial charge in [0.15, 0.2) is 5.96 Å². The summed E-state index contributed by atoms with van der Waals surface area (Å²) in [5.74, 6) is 1.16. The molecule has 8 heteroatoms. The molecule has 2 aliphatic rings. The fraction of sp³-hybridized carbons (Fsp3) is 0.889. The van der Waals surface area contributed by atoms with Crippen molar-refractivity contribution in [2.75, 3.05) is 72.0 Å². The van der Waals surface area contributed by atoms with Crippen LogP contribution in [0.25, 0.3) is 0 Å². The van der Waals surface area contributed by atoms with E-state index in [1.54, 1.807) is 6.92 Å². The highest BCUT2D eigenvalue weighted by Gasteiger charge is 2.22. The van der Waals surface area contributed by atoms with Crippen LogP contribution in [0.5, 0.6) is 0 Å². The Labute approximate surface area is 176 Å². The van der Waals surface area contributed by atoms with Crippen LogP contribution in [0.1, 0.15) is 27.7 Å². The van der Waals surface area contributed by atoms with Gasteiger partial charge in [0.2, 0.25) is 5.91 Å². The number of carbonyl (C=O) groups excluding carboxylic acids is 1. The van der Waals surface area contributed by atoms with Gasteiger partial charge in [0.25, 0.3) is 0 Å². The average Bonchev–Trinajstić information content (AvgIpc) is 2.65. The molecule has 0 aromatic rings. The lowest BCUT2D eigenvalue weighted by Crippen LogP contribution is -2.54. The van der Waals surface area contributed by atoms with Crippen LogP contribution in [0.4, 0.5) is 0 Å². The first-order chi connectivity index (χ1) is 12.0. The molecular formula is C18H37IN6O. The smallest absolute Gasteiger partial charge is 0.219 e. The summed E-state index contributed by atoms with van der Waals surface area (Å²) < 4.78 is 0. The molecule has 0 saturated carbocycles. The zero-order chi connectivity index (χ0) is 18.2. The summed E-state index contributed by atoms with van der Waals surface area (Å²) in [6.45, 7) is 19.0. The number of likely N-dealkylation sites (N-methyl/N-ethyl adjacent to an activating group) is 1. The summed E-state index contributed by atoms with van der Waals surface area (Å²) >= 11 is 0. The second-order valence-electron chi connectivity index (χ2n) is 7.01. The molecule has 1 amide bonds. The molecule has 2 fully saturated rings. The Bertz CT molecular complexity index is 445. The number of aliphatic imine (C=N–C) groups is 1. The first-order valence-corrected chi connectivity index (χ1v) is 9.80. The maximum atomic E-state index is 11.5. The minimum absolute atomic E-state index is 0. The molecule has 1 unspecified atom stereocenters. The molecule has 2 heterocycles. The lowest BCUT2D eigenvalue weighted by molar-refractivity contribution is -0.130. The van der Waals surface area contributed by atoms with E-state index in [-0.39, 0.29) is 29.9 Å². The third-order valence-corrected chi connectivity index (χ3v) is 5.34. The molecule has 0 aliphatic carbocycles. The molecule has 2 rings (SSSR count). The van der Waals surface area contributed by atoms with E-state index in [0.29, 0.717) is 6.04 Å². The molecule has 152 valence electrons. The molecule has 0 radical (unpaired) electrons. The Kier molecular flexibility index (Phi) is 10.8. The second kappa shape index (κ2) is 12.0. The quantitative estimate of drug-likeness (QED) is 0.358. The number of hydrogen-bond acceptors (Lipinski definition) is 4. The molecule has 7 nitrogen and oxygen atoms in total. The minimum atomic E-state index is 0. The third-order valence-electron chi connectivity index (χ3n) is 5.34. The predicted octanol–water partition coefficient (Wildman–Crippen LogP) is 0.760. The molecule has 0 aromatic heterocycles. The van der Waals surface area contributed by atoms with Gasteiger partial charge in [0.05, 0.1) is 6.54 Å². The molecule has 2 aliphatic heterocycles. The van der Waals surface area contributed by atoms with Crippen LogP contribution in [0.15, 0.2) is 4.99 Å².